The molecule has 21 heavy (non-hydrogen) atoms. The van der Waals surface area contributed by atoms with E-state index in [0.29, 0.717) is 5.92 Å². The molecule has 0 aromatic carbocycles. The lowest BCUT2D eigenvalue weighted by Gasteiger charge is -2.21. The molecule has 0 saturated carbocycles. The first-order valence-electron chi connectivity index (χ1n) is 7.81. The average molecular weight is 344 g/mol. The van der Waals surface area contributed by atoms with Crippen molar-refractivity contribution in [2.24, 2.45) is 5.92 Å². The molecular weight excluding hydrogens is 322 g/mol. The number of nitrogens with one attached hydrogen (secondary N) is 1. The lowest BCUT2D eigenvalue weighted by atomic mass is 9.90. The Balaban J connectivity index is 1.65. The number of rotatable bonds is 3. The first-order chi connectivity index (χ1) is 10.2. The van der Waals surface area contributed by atoms with Gasteiger partial charge in [0, 0.05) is 11.4 Å². The average Bonchev–Trinajstić information content (AvgIpc) is 2.51. The van der Waals surface area contributed by atoms with Crippen LogP contribution in [0.4, 0.5) is 0 Å². The van der Waals surface area contributed by atoms with Crippen molar-refractivity contribution in [2.45, 2.75) is 39.0 Å². The first kappa shape index (κ1) is 14.6. The molecule has 1 nitrogen and oxygen atoms in total. The van der Waals surface area contributed by atoms with Gasteiger partial charge in [-0.25, -0.2) is 0 Å². The third kappa shape index (κ3) is 3.88. The van der Waals surface area contributed by atoms with Crippen molar-refractivity contribution in [3.63, 3.8) is 0 Å². The molecule has 0 aromatic rings. The predicted molar refractivity (Wildman–Crippen MR) is 93.9 cm³/mol. The first-order valence-corrected chi connectivity index (χ1v) is 8.61. The molecule has 0 spiro atoms. The molecule has 0 radical (unpaired) electrons. The van der Waals surface area contributed by atoms with Gasteiger partial charge in [0.05, 0.1) is 0 Å². The van der Waals surface area contributed by atoms with Gasteiger partial charge >= 0.3 is 0 Å². The molecule has 1 unspecified atom stereocenters. The van der Waals surface area contributed by atoms with E-state index in [9.17, 15) is 0 Å². The van der Waals surface area contributed by atoms with Gasteiger partial charge in [-0.1, -0.05) is 53.2 Å². The molecule has 1 atom stereocenters. The van der Waals surface area contributed by atoms with Gasteiger partial charge in [-0.05, 0) is 65.8 Å². The monoisotopic (exact) mass is 343 g/mol. The molecule has 0 aromatic heterocycles. The molecule has 110 valence electrons. The zero-order chi connectivity index (χ0) is 14.7. The normalized spacial score (nSPS) is 25.4. The van der Waals surface area contributed by atoms with Gasteiger partial charge in [0.2, 0.25) is 0 Å². The lowest BCUT2D eigenvalue weighted by molar-refractivity contribution is 0.716. The van der Waals surface area contributed by atoms with Crippen LogP contribution in [0.1, 0.15) is 39.0 Å². The van der Waals surface area contributed by atoms with Gasteiger partial charge in [0.15, 0.2) is 0 Å². The van der Waals surface area contributed by atoms with Gasteiger partial charge in [0.25, 0.3) is 0 Å². The summed E-state index contributed by atoms with van der Waals surface area (Å²) in [4.78, 5) is 0. The van der Waals surface area contributed by atoms with E-state index in [0.717, 1.165) is 32.1 Å². The molecule has 3 rings (SSSR count). The molecule has 3 aliphatic carbocycles. The van der Waals surface area contributed by atoms with Crippen LogP contribution in [-0.4, -0.2) is 0 Å². The molecule has 0 amide bonds. The van der Waals surface area contributed by atoms with Crippen LogP contribution >= 0.6 is 15.9 Å². The number of hydrogen-bond donors (Lipinski definition) is 1. The molecule has 0 bridgehead atoms. The molecule has 0 aliphatic heterocycles. The third-order valence-corrected chi connectivity index (χ3v) is 4.94. The predicted octanol–water partition coefficient (Wildman–Crippen LogP) is 5.66. The highest BCUT2D eigenvalue weighted by atomic mass is 79.9. The topological polar surface area (TPSA) is 12.0 Å². The van der Waals surface area contributed by atoms with Crippen molar-refractivity contribution in [3.8, 4) is 0 Å². The summed E-state index contributed by atoms with van der Waals surface area (Å²) < 4.78 is 1.31. The molecule has 0 saturated heterocycles. The van der Waals surface area contributed by atoms with Crippen molar-refractivity contribution < 1.29 is 0 Å². The summed E-state index contributed by atoms with van der Waals surface area (Å²) in [6.45, 7) is 2.25. The fourth-order valence-corrected chi connectivity index (χ4v) is 3.22. The van der Waals surface area contributed by atoms with E-state index < -0.39 is 0 Å². The number of halogens is 1. The van der Waals surface area contributed by atoms with Crippen LogP contribution in [0.15, 0.2) is 69.6 Å². The Bertz CT molecular complexity index is 599. The summed E-state index contributed by atoms with van der Waals surface area (Å²) in [5.41, 5.74) is 5.58. The van der Waals surface area contributed by atoms with E-state index in [-0.39, 0.29) is 0 Å². The number of hydrogen-bond acceptors (Lipinski definition) is 1. The Labute approximate surface area is 136 Å². The van der Waals surface area contributed by atoms with Crippen LogP contribution in [0.25, 0.3) is 0 Å². The summed E-state index contributed by atoms with van der Waals surface area (Å²) in [6.07, 6.45) is 21.5. The maximum absolute atomic E-state index is 3.57. The van der Waals surface area contributed by atoms with Crippen LogP contribution in [0.5, 0.6) is 0 Å². The van der Waals surface area contributed by atoms with E-state index in [2.05, 4.69) is 70.7 Å². The van der Waals surface area contributed by atoms with E-state index in [1.165, 1.54) is 27.0 Å². The van der Waals surface area contributed by atoms with Gasteiger partial charge in [-0.3, -0.25) is 0 Å². The van der Waals surface area contributed by atoms with Gasteiger partial charge in [0.1, 0.15) is 0 Å². The molecular formula is C19H22BrN. The Kier molecular flexibility index (Phi) is 4.64. The Morgan fingerprint density at radius 3 is 2.33 bits per heavy atom. The second kappa shape index (κ2) is 6.65. The van der Waals surface area contributed by atoms with Crippen molar-refractivity contribution in [2.75, 3.05) is 0 Å². The largest absolute Gasteiger partial charge is 0.359 e. The maximum atomic E-state index is 3.57. The van der Waals surface area contributed by atoms with Gasteiger partial charge in [-0.15, -0.1) is 0 Å². The van der Waals surface area contributed by atoms with Crippen LogP contribution in [-0.2, 0) is 0 Å². The minimum absolute atomic E-state index is 0.674. The van der Waals surface area contributed by atoms with Crippen LogP contribution in [0.3, 0.4) is 0 Å². The van der Waals surface area contributed by atoms with E-state index in [1.54, 1.807) is 0 Å². The van der Waals surface area contributed by atoms with Crippen LogP contribution < -0.4 is 5.32 Å². The second-order valence-electron chi connectivity index (χ2n) is 6.05. The Morgan fingerprint density at radius 1 is 1.00 bits per heavy atom. The number of allylic oxidation sites excluding steroid dienone is 11. The van der Waals surface area contributed by atoms with E-state index >= 15 is 0 Å². The minimum Gasteiger partial charge on any atom is -0.359 e. The van der Waals surface area contributed by atoms with Crippen LogP contribution in [0.2, 0.25) is 0 Å². The van der Waals surface area contributed by atoms with Crippen LogP contribution in [0, 0.1) is 5.92 Å². The van der Waals surface area contributed by atoms with Gasteiger partial charge in [-0.2, -0.15) is 0 Å². The summed E-state index contributed by atoms with van der Waals surface area (Å²) in [6, 6.07) is 0. The highest BCUT2D eigenvalue weighted by Gasteiger charge is 2.13. The zero-order valence-electron chi connectivity index (χ0n) is 12.5. The fraction of sp³-hybridized carbons (Fsp3) is 0.368. The highest BCUT2D eigenvalue weighted by molar-refractivity contribution is 9.11. The van der Waals surface area contributed by atoms with Crippen molar-refractivity contribution in [1.82, 2.24) is 5.32 Å². The summed E-state index contributed by atoms with van der Waals surface area (Å²) >= 11 is 3.57. The highest BCUT2D eigenvalue weighted by Crippen LogP contribution is 2.31. The standard InChI is InChI=1S/C19H22BrN/c1-14-2-10-18(11-3-14)21-19-12-6-16(7-13-19)15-4-8-17(20)9-5-15/h2,4,6,8,10-12,14,21H,3,5,7,9,13H2,1H3. The molecule has 2 heteroatoms. The summed E-state index contributed by atoms with van der Waals surface area (Å²) in [7, 11) is 0. The maximum Gasteiger partial charge on any atom is 0.0338 e. The molecule has 0 heterocycles. The van der Waals surface area contributed by atoms with Crippen molar-refractivity contribution >= 4 is 15.9 Å². The Hall–Kier alpha value is -1.28. The summed E-state index contributed by atoms with van der Waals surface area (Å²) in [5, 5.41) is 3.56. The molecule has 0 fully saturated rings. The quantitative estimate of drug-likeness (QED) is 0.697. The summed E-state index contributed by atoms with van der Waals surface area (Å²) in [5.74, 6) is 0.674. The SMILES string of the molecule is CC1C=CC(NC2=CC=C(C3=CC=C(Br)CC3)CC2)=CC1. The smallest absolute Gasteiger partial charge is 0.0338 e. The van der Waals surface area contributed by atoms with E-state index in [4.69, 9.17) is 0 Å². The van der Waals surface area contributed by atoms with Crippen molar-refractivity contribution in [1.29, 1.82) is 0 Å². The molecule has 1 N–H and O–H groups in total. The minimum atomic E-state index is 0.674. The van der Waals surface area contributed by atoms with E-state index in [1.807, 2.05) is 0 Å². The van der Waals surface area contributed by atoms with Crippen molar-refractivity contribution in [3.05, 3.63) is 69.6 Å². The zero-order valence-corrected chi connectivity index (χ0v) is 14.1. The Morgan fingerprint density at radius 2 is 1.76 bits per heavy atom. The second-order valence-corrected chi connectivity index (χ2v) is 7.06. The molecule has 3 aliphatic rings. The van der Waals surface area contributed by atoms with Gasteiger partial charge < -0.3 is 5.32 Å². The third-order valence-electron chi connectivity index (χ3n) is 4.28. The fourth-order valence-electron chi connectivity index (χ4n) is 2.89. The lowest BCUT2D eigenvalue weighted by Crippen LogP contribution is -2.15.